The van der Waals surface area contributed by atoms with Crippen LogP contribution < -0.4 is 26.2 Å². The van der Waals surface area contributed by atoms with Gasteiger partial charge in [0, 0.05) is 77.2 Å². The Kier molecular flexibility index (Phi) is 7.72. The molecule has 0 saturated carbocycles. The summed E-state index contributed by atoms with van der Waals surface area (Å²) in [5, 5.41) is 15.3. The second-order valence-electron chi connectivity index (χ2n) is 10.3. The van der Waals surface area contributed by atoms with Crippen LogP contribution in [0.5, 0.6) is 0 Å². The van der Waals surface area contributed by atoms with Crippen molar-refractivity contribution in [3.05, 3.63) is 106 Å². The minimum Gasteiger partial charge on any atom is -0.369 e. The second-order valence-corrected chi connectivity index (χ2v) is 11.0. The zero-order chi connectivity index (χ0) is 29.1. The van der Waals surface area contributed by atoms with Gasteiger partial charge in [-0.25, -0.2) is 4.79 Å². The number of hydrogen-bond donors (Lipinski definition) is 4. The van der Waals surface area contributed by atoms with Gasteiger partial charge in [-0.1, -0.05) is 24.3 Å². The van der Waals surface area contributed by atoms with Gasteiger partial charge >= 0.3 is 6.03 Å². The lowest BCUT2D eigenvalue weighted by molar-refractivity contribution is -0.110. The lowest BCUT2D eigenvalue weighted by Gasteiger charge is -2.34. The van der Waals surface area contributed by atoms with E-state index in [0.29, 0.717) is 33.8 Å². The molecule has 4 N–H and O–H groups in total. The largest absolute Gasteiger partial charge is 0.369 e. The predicted octanol–water partition coefficient (Wildman–Crippen LogP) is 5.78. The number of likely N-dealkylation sites (N-methyl/N-ethyl adjacent to an activating group) is 1. The molecule has 3 amide bonds. The lowest BCUT2D eigenvalue weighted by atomic mass is 9.99. The van der Waals surface area contributed by atoms with Crippen molar-refractivity contribution in [1.29, 1.82) is 0 Å². The van der Waals surface area contributed by atoms with Gasteiger partial charge in [-0.15, -0.1) is 0 Å². The lowest BCUT2D eigenvalue weighted by Crippen LogP contribution is -2.44. The van der Waals surface area contributed by atoms with E-state index in [-0.39, 0.29) is 11.7 Å². The number of benzene rings is 3. The van der Waals surface area contributed by atoms with Crippen LogP contribution in [0.4, 0.5) is 33.2 Å². The van der Waals surface area contributed by atoms with E-state index in [4.69, 9.17) is 0 Å². The average molecular weight is 579 g/mol. The van der Waals surface area contributed by atoms with Crippen LogP contribution in [0.3, 0.4) is 0 Å². The molecule has 42 heavy (non-hydrogen) atoms. The molecule has 0 bridgehead atoms. The maximum Gasteiger partial charge on any atom is 0.323 e. The number of nitrogens with zero attached hydrogens (tertiary/aromatic N) is 2. The van der Waals surface area contributed by atoms with Crippen LogP contribution in [-0.4, -0.2) is 55.8 Å². The van der Waals surface area contributed by atoms with Gasteiger partial charge < -0.3 is 31.1 Å². The molecule has 1 fully saturated rings. The summed E-state index contributed by atoms with van der Waals surface area (Å²) in [7, 11) is 2.14. The van der Waals surface area contributed by atoms with Crippen molar-refractivity contribution in [2.45, 2.75) is 0 Å². The van der Waals surface area contributed by atoms with Crippen LogP contribution in [0.25, 0.3) is 5.57 Å². The van der Waals surface area contributed by atoms with Crippen molar-refractivity contribution in [2.75, 3.05) is 59.4 Å². The van der Waals surface area contributed by atoms with Gasteiger partial charge in [-0.2, -0.15) is 11.3 Å². The minimum absolute atomic E-state index is 0.218. The fourth-order valence-corrected chi connectivity index (χ4v) is 5.59. The van der Waals surface area contributed by atoms with Crippen molar-refractivity contribution in [3.8, 4) is 0 Å². The molecule has 4 aromatic rings. The van der Waals surface area contributed by atoms with Crippen LogP contribution in [0.15, 0.2) is 89.8 Å². The molecule has 0 atom stereocenters. The Bertz CT molecular complexity index is 1660. The van der Waals surface area contributed by atoms with Gasteiger partial charge in [-0.3, -0.25) is 9.59 Å². The first-order valence-electron chi connectivity index (χ1n) is 13.6. The van der Waals surface area contributed by atoms with Crippen LogP contribution >= 0.6 is 11.3 Å². The van der Waals surface area contributed by atoms with Crippen molar-refractivity contribution < 1.29 is 14.4 Å². The minimum atomic E-state index is -0.392. The van der Waals surface area contributed by atoms with Crippen LogP contribution in [-0.2, 0) is 4.79 Å². The Morgan fingerprint density at radius 1 is 0.857 bits per heavy atom. The fraction of sp³-hybridized carbons (Fsp3) is 0.156. The molecular formula is C32H30N6O3S. The molecule has 9 nitrogen and oxygen atoms in total. The fourth-order valence-electron chi connectivity index (χ4n) is 5.00. The SMILES string of the molecule is CN1CCN(c2ccc(NC=C3C(=O)Nc4cc(C(=O)c5cccc(NC(=O)Nc6ccsc6)c5)ccc43)cc2)CC1. The van der Waals surface area contributed by atoms with E-state index in [1.807, 2.05) is 22.9 Å². The first kappa shape index (κ1) is 27.3. The normalized spacial score (nSPS) is 15.7. The highest BCUT2D eigenvalue weighted by Gasteiger charge is 2.25. The number of nitrogens with one attached hydrogen (secondary N) is 4. The number of rotatable bonds is 7. The Labute approximate surface area is 247 Å². The van der Waals surface area contributed by atoms with Gasteiger partial charge in [0.2, 0.25) is 0 Å². The summed E-state index contributed by atoms with van der Waals surface area (Å²) < 4.78 is 0. The van der Waals surface area contributed by atoms with E-state index >= 15 is 0 Å². The summed E-state index contributed by atoms with van der Waals surface area (Å²) in [6.45, 7) is 4.10. The zero-order valence-corrected chi connectivity index (χ0v) is 23.8. The summed E-state index contributed by atoms with van der Waals surface area (Å²) in [5.41, 5.74) is 5.91. The number of anilines is 5. The van der Waals surface area contributed by atoms with E-state index in [9.17, 15) is 14.4 Å². The van der Waals surface area contributed by atoms with Gasteiger partial charge in [0.25, 0.3) is 5.91 Å². The predicted molar refractivity (Wildman–Crippen MR) is 170 cm³/mol. The Morgan fingerprint density at radius 2 is 1.62 bits per heavy atom. The van der Waals surface area contributed by atoms with Crippen LogP contribution in [0.1, 0.15) is 21.5 Å². The maximum absolute atomic E-state index is 13.3. The Hall–Kier alpha value is -4.93. The van der Waals surface area contributed by atoms with Crippen molar-refractivity contribution >= 4 is 63.1 Å². The highest BCUT2D eigenvalue weighted by atomic mass is 32.1. The molecular weight excluding hydrogens is 548 g/mol. The van der Waals surface area contributed by atoms with E-state index in [1.165, 1.54) is 17.0 Å². The zero-order valence-electron chi connectivity index (χ0n) is 23.0. The molecule has 0 aliphatic carbocycles. The number of urea groups is 1. The summed E-state index contributed by atoms with van der Waals surface area (Å²) in [6.07, 6.45) is 1.70. The molecule has 212 valence electrons. The van der Waals surface area contributed by atoms with E-state index in [1.54, 1.807) is 54.7 Å². The summed E-state index contributed by atoms with van der Waals surface area (Å²) in [5.74, 6) is -0.455. The van der Waals surface area contributed by atoms with Gasteiger partial charge in [-0.05, 0) is 61.0 Å². The number of fused-ring (bicyclic) bond motifs is 1. The number of carbonyl (C=O) groups excluding carboxylic acids is 3. The molecule has 10 heteroatoms. The summed E-state index contributed by atoms with van der Waals surface area (Å²) in [6, 6.07) is 21.5. The average Bonchev–Trinajstić information content (AvgIpc) is 3.62. The van der Waals surface area contributed by atoms with Crippen molar-refractivity contribution in [2.24, 2.45) is 0 Å². The first-order chi connectivity index (χ1) is 20.4. The third-order valence-corrected chi connectivity index (χ3v) is 8.03. The summed E-state index contributed by atoms with van der Waals surface area (Å²) in [4.78, 5) is 43.1. The molecule has 0 spiro atoms. The third kappa shape index (κ3) is 6.04. The standard InChI is InChI=1S/C32H30N6O3S/c1-37-12-14-38(15-13-37)26-8-6-23(7-9-26)33-19-28-27-10-5-22(18-29(27)36-31(28)40)30(39)21-3-2-4-24(17-21)34-32(41)35-25-11-16-42-20-25/h2-11,16-20,33H,12-15H2,1H3,(H,36,40)(H2,34,35,41). The monoisotopic (exact) mass is 578 g/mol. The molecule has 1 aromatic heterocycles. The second kappa shape index (κ2) is 11.9. The smallest absolute Gasteiger partial charge is 0.323 e. The number of piperazine rings is 1. The van der Waals surface area contributed by atoms with Crippen molar-refractivity contribution in [1.82, 2.24) is 4.90 Å². The number of thiophene rings is 1. The summed E-state index contributed by atoms with van der Waals surface area (Å²) >= 11 is 1.48. The highest BCUT2D eigenvalue weighted by Crippen LogP contribution is 2.33. The number of ketones is 1. The molecule has 3 heterocycles. The molecule has 1 saturated heterocycles. The Balaban J connectivity index is 1.12. The first-order valence-corrected chi connectivity index (χ1v) is 14.6. The molecule has 0 unspecified atom stereocenters. The highest BCUT2D eigenvalue weighted by molar-refractivity contribution is 7.08. The quantitative estimate of drug-likeness (QED) is 0.164. The molecule has 3 aromatic carbocycles. The van der Waals surface area contributed by atoms with Crippen molar-refractivity contribution in [3.63, 3.8) is 0 Å². The number of amides is 3. The maximum atomic E-state index is 13.3. The molecule has 6 rings (SSSR count). The molecule has 2 aliphatic heterocycles. The van der Waals surface area contributed by atoms with Crippen LogP contribution in [0.2, 0.25) is 0 Å². The Morgan fingerprint density at radius 3 is 2.38 bits per heavy atom. The molecule has 2 aliphatic rings. The van der Waals surface area contributed by atoms with E-state index in [2.05, 4.69) is 50.2 Å². The van der Waals surface area contributed by atoms with E-state index in [0.717, 1.165) is 37.4 Å². The topological polar surface area (TPSA) is 106 Å². The molecule has 0 radical (unpaired) electrons. The van der Waals surface area contributed by atoms with Gasteiger partial charge in [0.05, 0.1) is 11.3 Å². The van der Waals surface area contributed by atoms with Gasteiger partial charge in [0.15, 0.2) is 5.78 Å². The van der Waals surface area contributed by atoms with E-state index < -0.39 is 6.03 Å². The third-order valence-electron chi connectivity index (χ3n) is 7.35. The van der Waals surface area contributed by atoms with Gasteiger partial charge in [0.1, 0.15) is 0 Å². The number of hydrogen-bond acceptors (Lipinski definition) is 7. The number of carbonyl (C=O) groups is 3. The van der Waals surface area contributed by atoms with Crippen LogP contribution in [0, 0.1) is 0 Å².